The molecule has 15 N–H and O–H groups in total. The summed E-state index contributed by atoms with van der Waals surface area (Å²) in [5.41, 5.74) is 24.6. The second-order valence-electron chi connectivity index (χ2n) is 5.65. The van der Waals surface area contributed by atoms with Crippen molar-refractivity contribution in [2.75, 3.05) is 19.6 Å². The van der Waals surface area contributed by atoms with Gasteiger partial charge in [0, 0.05) is 19.5 Å². The highest BCUT2D eigenvalue weighted by Gasteiger charge is 2.14. The van der Waals surface area contributed by atoms with Crippen molar-refractivity contribution in [1.82, 2.24) is 0 Å². The van der Waals surface area contributed by atoms with Gasteiger partial charge in [-0.1, -0.05) is 6.42 Å². The Hall–Kier alpha value is -2.85. The third-order valence-corrected chi connectivity index (χ3v) is 2.74. The van der Waals surface area contributed by atoms with Crippen LogP contribution >= 0.6 is 0 Å². The van der Waals surface area contributed by atoms with E-state index < -0.39 is 48.4 Å². The van der Waals surface area contributed by atoms with Crippen LogP contribution in [0.3, 0.4) is 0 Å². The Balaban J connectivity index is -0.000000159. The molecule has 1 unspecified atom stereocenters. The number of hydrogen-bond donors (Lipinski definition) is 10. The molecular weight excluding hydrogens is 422 g/mol. The molecule has 0 fully saturated rings. The lowest BCUT2D eigenvalue weighted by Gasteiger charge is -1.99. The second kappa shape index (κ2) is 25.2. The molecule has 0 aliphatic rings. The van der Waals surface area contributed by atoms with Crippen LogP contribution in [0.15, 0.2) is 0 Å². The first-order valence-corrected chi connectivity index (χ1v) is 8.98. The number of carboxylic acids is 5. The minimum atomic E-state index is -1.29. The van der Waals surface area contributed by atoms with E-state index in [9.17, 15) is 24.0 Å². The Kier molecular flexibility index (Phi) is 28.9. The monoisotopic (exact) mass is 457 g/mol. The van der Waals surface area contributed by atoms with Crippen LogP contribution in [-0.2, 0) is 24.0 Å². The molecule has 0 aromatic carbocycles. The van der Waals surface area contributed by atoms with Crippen molar-refractivity contribution >= 4 is 29.8 Å². The van der Waals surface area contributed by atoms with Gasteiger partial charge >= 0.3 is 29.8 Å². The van der Waals surface area contributed by atoms with Crippen LogP contribution in [0.25, 0.3) is 0 Å². The molecule has 0 saturated heterocycles. The minimum absolute atomic E-state index is 0.00463. The molecule has 0 amide bonds. The number of hydrogen-bond acceptors (Lipinski definition) is 10. The van der Waals surface area contributed by atoms with E-state index in [2.05, 4.69) is 0 Å². The average molecular weight is 457 g/mol. The van der Waals surface area contributed by atoms with E-state index >= 15 is 0 Å². The fourth-order valence-corrected chi connectivity index (χ4v) is 1.10. The topological polar surface area (TPSA) is 317 Å². The molecule has 0 saturated carbocycles. The van der Waals surface area contributed by atoms with Crippen LogP contribution in [-0.4, -0.2) is 87.1 Å². The molecule has 0 radical (unpaired) electrons. The lowest BCUT2D eigenvalue weighted by molar-refractivity contribution is -0.144. The van der Waals surface area contributed by atoms with Gasteiger partial charge in [0.05, 0.1) is 12.8 Å². The third-order valence-electron chi connectivity index (χ3n) is 2.74. The Bertz CT molecular complexity index is 519. The maximum Gasteiger partial charge on any atom is 0.321 e. The largest absolute Gasteiger partial charge is 0.481 e. The molecule has 0 aliphatic carbocycles. The highest BCUT2D eigenvalue weighted by molar-refractivity contribution is 5.80. The van der Waals surface area contributed by atoms with Crippen molar-refractivity contribution in [1.29, 1.82) is 0 Å². The Morgan fingerprint density at radius 3 is 1.19 bits per heavy atom. The van der Waals surface area contributed by atoms with E-state index in [0.29, 0.717) is 6.54 Å². The van der Waals surface area contributed by atoms with Gasteiger partial charge in [-0.15, -0.1) is 0 Å². The van der Waals surface area contributed by atoms with E-state index in [0.717, 1.165) is 19.3 Å². The molecule has 0 bridgehead atoms. The zero-order valence-corrected chi connectivity index (χ0v) is 17.2. The molecule has 15 heteroatoms. The summed E-state index contributed by atoms with van der Waals surface area (Å²) < 4.78 is 0. The smallest absolute Gasteiger partial charge is 0.321 e. The molecular formula is C16H35N5O10. The SMILES string of the molecule is NCC(N)C(=O)O.NCCC(=O)O.NCCCCCC(=O)O.N[C@@H](CC(=O)O)C(=O)O. The summed E-state index contributed by atoms with van der Waals surface area (Å²) in [5.74, 6) is -5.10. The van der Waals surface area contributed by atoms with E-state index in [-0.39, 0.29) is 25.9 Å². The van der Waals surface area contributed by atoms with Crippen LogP contribution in [0.2, 0.25) is 0 Å². The molecule has 0 spiro atoms. The second-order valence-corrected chi connectivity index (χ2v) is 5.65. The summed E-state index contributed by atoms with van der Waals surface area (Å²) in [6.07, 6.45) is 2.44. The van der Waals surface area contributed by atoms with Crippen molar-refractivity contribution < 1.29 is 49.5 Å². The summed E-state index contributed by atoms with van der Waals surface area (Å²) >= 11 is 0. The van der Waals surface area contributed by atoms with Gasteiger partial charge < -0.3 is 54.2 Å². The van der Waals surface area contributed by atoms with Crippen molar-refractivity contribution in [3.8, 4) is 0 Å². The third kappa shape index (κ3) is 42.3. The van der Waals surface area contributed by atoms with Crippen LogP contribution < -0.4 is 28.7 Å². The first-order chi connectivity index (χ1) is 14.3. The van der Waals surface area contributed by atoms with Gasteiger partial charge in [-0.05, 0) is 19.4 Å². The Labute approximate surface area is 179 Å². The molecule has 2 atom stereocenters. The highest BCUT2D eigenvalue weighted by atomic mass is 16.4. The molecule has 0 aromatic heterocycles. The van der Waals surface area contributed by atoms with E-state index in [1.54, 1.807) is 0 Å². The van der Waals surface area contributed by atoms with Crippen LogP contribution in [0, 0.1) is 0 Å². The van der Waals surface area contributed by atoms with Crippen LogP contribution in [0.5, 0.6) is 0 Å². The van der Waals surface area contributed by atoms with Crippen molar-refractivity contribution in [3.63, 3.8) is 0 Å². The summed E-state index contributed by atoms with van der Waals surface area (Å²) in [4.78, 5) is 48.8. The number of nitrogens with two attached hydrogens (primary N) is 5. The Morgan fingerprint density at radius 2 is 1.03 bits per heavy atom. The van der Waals surface area contributed by atoms with Crippen LogP contribution in [0.4, 0.5) is 0 Å². The molecule has 184 valence electrons. The minimum Gasteiger partial charge on any atom is -0.481 e. The summed E-state index contributed by atoms with van der Waals surface area (Å²) in [6.45, 7) is 0.893. The zero-order chi connectivity index (χ0) is 25.4. The molecule has 0 aliphatic heterocycles. The lowest BCUT2D eigenvalue weighted by atomic mass is 10.2. The number of unbranched alkanes of at least 4 members (excludes halogenated alkanes) is 2. The van der Waals surface area contributed by atoms with E-state index in [1.807, 2.05) is 0 Å². The van der Waals surface area contributed by atoms with E-state index in [1.165, 1.54) is 0 Å². The van der Waals surface area contributed by atoms with Crippen LogP contribution in [0.1, 0.15) is 38.5 Å². The fraction of sp³-hybridized carbons (Fsp3) is 0.688. The normalized spacial score (nSPS) is 11.0. The molecule has 0 rings (SSSR count). The number of carbonyl (C=O) groups is 5. The highest BCUT2D eigenvalue weighted by Crippen LogP contribution is 1.97. The van der Waals surface area contributed by atoms with Gasteiger partial charge in [0.25, 0.3) is 0 Å². The van der Waals surface area contributed by atoms with Gasteiger partial charge in [0.15, 0.2) is 0 Å². The van der Waals surface area contributed by atoms with Gasteiger partial charge in [-0.2, -0.15) is 0 Å². The standard InChI is InChI=1S/C6H13NO2.C4H7NO4.C3H8N2O2.C3H7NO2/c7-5-3-1-2-4-6(8)9;5-2(4(8)9)1-3(6)7;4-1-2(5)3(6)7;4-2-1-3(5)6/h1-5,7H2,(H,8,9);2H,1,5H2,(H,6,7)(H,8,9);2H,1,4-5H2,(H,6,7);1-2,4H2,(H,5,6)/t;2-;;/m.0../s1. The maximum absolute atomic E-state index is 9.93. The summed E-state index contributed by atoms with van der Waals surface area (Å²) in [7, 11) is 0. The molecule has 15 nitrogen and oxygen atoms in total. The number of carboxylic acid groups (broad SMARTS) is 5. The van der Waals surface area contributed by atoms with Gasteiger partial charge in [0.1, 0.15) is 12.1 Å². The molecule has 0 heterocycles. The van der Waals surface area contributed by atoms with Crippen molar-refractivity contribution in [2.24, 2.45) is 28.7 Å². The fourth-order valence-electron chi connectivity index (χ4n) is 1.10. The number of aliphatic carboxylic acids is 5. The van der Waals surface area contributed by atoms with Crippen molar-refractivity contribution in [2.45, 2.75) is 50.6 Å². The maximum atomic E-state index is 9.93. The first-order valence-electron chi connectivity index (χ1n) is 8.98. The van der Waals surface area contributed by atoms with Gasteiger partial charge in [-0.3, -0.25) is 24.0 Å². The van der Waals surface area contributed by atoms with Crippen molar-refractivity contribution in [3.05, 3.63) is 0 Å². The van der Waals surface area contributed by atoms with E-state index in [4.69, 9.17) is 54.2 Å². The quantitative estimate of drug-likeness (QED) is 0.133. The van der Waals surface area contributed by atoms with Gasteiger partial charge in [-0.25, -0.2) is 0 Å². The number of rotatable bonds is 12. The molecule has 31 heavy (non-hydrogen) atoms. The lowest BCUT2D eigenvalue weighted by Crippen LogP contribution is -2.37. The summed E-state index contributed by atoms with van der Waals surface area (Å²) in [6, 6.07) is -2.19. The first kappa shape index (κ1) is 35.6. The summed E-state index contributed by atoms with van der Waals surface area (Å²) in [5, 5.41) is 40.0. The predicted molar refractivity (Wildman–Crippen MR) is 109 cm³/mol. The zero-order valence-electron chi connectivity index (χ0n) is 17.2. The average Bonchev–Trinajstić information content (AvgIpc) is 2.65. The predicted octanol–water partition coefficient (Wildman–Crippen LogP) is -2.76. The molecule has 0 aromatic rings. The Morgan fingerprint density at radius 1 is 0.581 bits per heavy atom. The van der Waals surface area contributed by atoms with Gasteiger partial charge in [0.2, 0.25) is 0 Å².